The molecule has 1 aliphatic carbocycles. The van der Waals surface area contributed by atoms with Crippen LogP contribution >= 0.6 is 11.3 Å². The number of aromatic amines is 1. The zero-order valence-corrected chi connectivity index (χ0v) is 14.5. The quantitative estimate of drug-likeness (QED) is 0.904. The Morgan fingerprint density at radius 3 is 2.61 bits per heavy atom. The summed E-state index contributed by atoms with van der Waals surface area (Å²) in [6.45, 7) is 7.55. The van der Waals surface area contributed by atoms with Gasteiger partial charge in [-0.15, -0.1) is 11.3 Å². The highest BCUT2D eigenvalue weighted by molar-refractivity contribution is 7.14. The Kier molecular flexibility index (Phi) is 3.83. The van der Waals surface area contributed by atoms with Gasteiger partial charge in [-0.3, -0.25) is 14.9 Å². The van der Waals surface area contributed by atoms with Crippen LogP contribution in [0.4, 0.5) is 5.13 Å². The van der Waals surface area contributed by atoms with Gasteiger partial charge in [0.05, 0.1) is 11.4 Å². The summed E-state index contributed by atoms with van der Waals surface area (Å²) < 4.78 is 0. The van der Waals surface area contributed by atoms with Gasteiger partial charge in [-0.25, -0.2) is 9.97 Å². The number of H-pyrrole nitrogens is 1. The van der Waals surface area contributed by atoms with Gasteiger partial charge in [-0.1, -0.05) is 20.8 Å². The molecule has 23 heavy (non-hydrogen) atoms. The van der Waals surface area contributed by atoms with E-state index in [2.05, 4.69) is 20.3 Å². The highest BCUT2D eigenvalue weighted by Gasteiger charge is 2.27. The molecule has 2 N–H and O–H groups in total. The first-order valence-electron chi connectivity index (χ1n) is 7.64. The van der Waals surface area contributed by atoms with Gasteiger partial charge in [0.1, 0.15) is 11.4 Å². The maximum Gasteiger partial charge on any atom is 0.264 e. The lowest BCUT2D eigenvalue weighted by Gasteiger charge is -2.18. The maximum absolute atomic E-state index is 12.4. The van der Waals surface area contributed by atoms with Crippen molar-refractivity contribution in [1.82, 2.24) is 15.0 Å². The molecule has 1 aliphatic rings. The van der Waals surface area contributed by atoms with Crippen molar-refractivity contribution in [1.29, 1.82) is 0 Å². The number of carbonyl (C=O) groups excluding carboxylic acids is 1. The molecule has 6 nitrogen and oxygen atoms in total. The molecule has 3 rings (SSSR count). The summed E-state index contributed by atoms with van der Waals surface area (Å²) >= 11 is 1.38. The lowest BCUT2D eigenvalue weighted by atomic mass is 9.95. The van der Waals surface area contributed by atoms with Crippen LogP contribution in [-0.2, 0) is 5.41 Å². The Bertz CT molecular complexity index is 812. The first kappa shape index (κ1) is 15.9. The molecule has 1 amide bonds. The van der Waals surface area contributed by atoms with Crippen LogP contribution in [-0.4, -0.2) is 20.9 Å². The Balaban J connectivity index is 1.85. The lowest BCUT2D eigenvalue weighted by Crippen LogP contribution is -2.30. The molecule has 1 fully saturated rings. The van der Waals surface area contributed by atoms with Gasteiger partial charge in [0, 0.05) is 16.7 Å². The van der Waals surface area contributed by atoms with Crippen molar-refractivity contribution in [2.24, 2.45) is 0 Å². The number of nitrogens with one attached hydrogen (secondary N) is 2. The minimum Gasteiger partial charge on any atom is -0.309 e. The zero-order chi connectivity index (χ0) is 16.8. The lowest BCUT2D eigenvalue weighted by molar-refractivity contribution is 0.102. The summed E-state index contributed by atoms with van der Waals surface area (Å²) in [5, 5.41) is 5.20. The summed E-state index contributed by atoms with van der Waals surface area (Å²) in [5.41, 5.74) is 0.792. The van der Waals surface area contributed by atoms with Crippen LogP contribution in [0.25, 0.3) is 0 Å². The van der Waals surface area contributed by atoms with Crippen LogP contribution in [0.1, 0.15) is 67.1 Å². The summed E-state index contributed by atoms with van der Waals surface area (Å²) in [5.74, 6) is 0.644. The molecule has 2 aromatic rings. The Morgan fingerprint density at radius 1 is 1.35 bits per heavy atom. The molecule has 7 heteroatoms. The summed E-state index contributed by atoms with van der Waals surface area (Å²) in [6.07, 6.45) is 2.32. The third kappa shape index (κ3) is 3.34. The summed E-state index contributed by atoms with van der Waals surface area (Å²) in [6, 6.07) is 0. The van der Waals surface area contributed by atoms with Crippen LogP contribution in [0, 0.1) is 6.92 Å². The molecule has 0 aromatic carbocycles. The molecule has 0 atom stereocenters. The highest BCUT2D eigenvalue weighted by Crippen LogP contribution is 2.40. The monoisotopic (exact) mass is 332 g/mol. The van der Waals surface area contributed by atoms with E-state index in [0.717, 1.165) is 18.5 Å². The smallest absolute Gasteiger partial charge is 0.264 e. The Morgan fingerprint density at radius 2 is 2.04 bits per heavy atom. The number of carbonyl (C=O) groups is 1. The van der Waals surface area contributed by atoms with Crippen LogP contribution in [0.2, 0.25) is 0 Å². The van der Waals surface area contributed by atoms with E-state index in [1.165, 1.54) is 11.3 Å². The van der Waals surface area contributed by atoms with E-state index >= 15 is 0 Å². The second-order valence-electron chi connectivity index (χ2n) is 6.93. The number of amides is 1. The van der Waals surface area contributed by atoms with Crippen LogP contribution < -0.4 is 10.9 Å². The molecule has 2 heterocycles. The fourth-order valence-electron chi connectivity index (χ4n) is 2.28. The Labute approximate surface area is 138 Å². The predicted molar refractivity (Wildman–Crippen MR) is 90.3 cm³/mol. The number of aryl methyl sites for hydroxylation is 1. The topological polar surface area (TPSA) is 87.7 Å². The van der Waals surface area contributed by atoms with Gasteiger partial charge < -0.3 is 4.98 Å². The molecule has 122 valence electrons. The average molecular weight is 332 g/mol. The number of nitrogens with zero attached hydrogens (tertiary/aromatic N) is 2. The van der Waals surface area contributed by atoms with Gasteiger partial charge in [0.15, 0.2) is 5.13 Å². The summed E-state index contributed by atoms with van der Waals surface area (Å²) in [4.78, 5) is 36.2. The molecule has 0 saturated heterocycles. The zero-order valence-electron chi connectivity index (χ0n) is 13.7. The van der Waals surface area contributed by atoms with Gasteiger partial charge in [-0.2, -0.15) is 0 Å². The standard InChI is InChI=1S/C16H20N4O2S/c1-8-11(12(21)19-14(17-8)16(2,3)4)13(22)20-15-18-10(7-23-15)9-5-6-9/h7,9H,5-6H2,1-4H3,(H,17,19,21)(H,18,20,22). The van der Waals surface area contributed by atoms with Gasteiger partial charge >= 0.3 is 0 Å². The van der Waals surface area contributed by atoms with E-state index in [4.69, 9.17) is 0 Å². The third-order valence-electron chi connectivity index (χ3n) is 3.78. The van der Waals surface area contributed by atoms with Crippen molar-refractivity contribution in [3.8, 4) is 0 Å². The molecule has 0 aliphatic heterocycles. The van der Waals surface area contributed by atoms with Crippen LogP contribution in [0.3, 0.4) is 0 Å². The van der Waals surface area contributed by atoms with Crippen molar-refractivity contribution >= 4 is 22.4 Å². The molecule has 0 bridgehead atoms. The molecule has 0 radical (unpaired) electrons. The average Bonchev–Trinajstić information content (AvgIpc) is 3.18. The molecule has 0 spiro atoms. The molecular formula is C16H20N4O2S. The molecule has 0 unspecified atom stereocenters. The molecule has 2 aromatic heterocycles. The normalized spacial score (nSPS) is 14.8. The van der Waals surface area contributed by atoms with Gasteiger partial charge in [-0.05, 0) is 19.8 Å². The molecule has 1 saturated carbocycles. The number of aromatic nitrogens is 3. The largest absolute Gasteiger partial charge is 0.309 e. The maximum atomic E-state index is 12.4. The van der Waals surface area contributed by atoms with E-state index in [1.54, 1.807) is 6.92 Å². The first-order chi connectivity index (χ1) is 10.8. The van der Waals surface area contributed by atoms with E-state index < -0.39 is 11.5 Å². The van der Waals surface area contributed by atoms with Crippen LogP contribution in [0.15, 0.2) is 10.2 Å². The Hall–Kier alpha value is -2.02. The minimum absolute atomic E-state index is 0.0428. The molecular weight excluding hydrogens is 312 g/mol. The van der Waals surface area contributed by atoms with Crippen molar-refractivity contribution in [3.05, 3.63) is 38.5 Å². The van der Waals surface area contributed by atoms with Crippen molar-refractivity contribution in [3.63, 3.8) is 0 Å². The number of hydrogen-bond donors (Lipinski definition) is 2. The van der Waals surface area contributed by atoms with Crippen molar-refractivity contribution in [2.45, 2.75) is 51.9 Å². The number of thiazole rings is 1. The summed E-state index contributed by atoms with van der Waals surface area (Å²) in [7, 11) is 0. The van der Waals surface area contributed by atoms with E-state index in [1.807, 2.05) is 26.2 Å². The number of anilines is 1. The SMILES string of the molecule is Cc1nc(C(C)(C)C)[nH]c(=O)c1C(=O)Nc1nc(C2CC2)cs1. The van der Waals surface area contributed by atoms with Gasteiger partial charge in [0.25, 0.3) is 11.5 Å². The number of rotatable bonds is 3. The van der Waals surface area contributed by atoms with E-state index in [9.17, 15) is 9.59 Å². The predicted octanol–water partition coefficient (Wildman–Crippen LogP) is 2.96. The second kappa shape index (κ2) is 5.56. The fraction of sp³-hybridized carbons (Fsp3) is 0.500. The third-order valence-corrected chi connectivity index (χ3v) is 4.55. The minimum atomic E-state index is -0.464. The highest BCUT2D eigenvalue weighted by atomic mass is 32.1. The van der Waals surface area contributed by atoms with E-state index in [-0.39, 0.29) is 11.0 Å². The first-order valence-corrected chi connectivity index (χ1v) is 8.52. The fourth-order valence-corrected chi connectivity index (χ4v) is 3.07. The van der Waals surface area contributed by atoms with Crippen molar-refractivity contribution in [2.75, 3.05) is 5.32 Å². The number of hydrogen-bond acceptors (Lipinski definition) is 5. The van der Waals surface area contributed by atoms with Crippen molar-refractivity contribution < 1.29 is 4.79 Å². The van der Waals surface area contributed by atoms with Gasteiger partial charge in [0.2, 0.25) is 0 Å². The second-order valence-corrected chi connectivity index (χ2v) is 7.79. The van der Waals surface area contributed by atoms with E-state index in [0.29, 0.717) is 22.6 Å². The van der Waals surface area contributed by atoms with Crippen LogP contribution in [0.5, 0.6) is 0 Å².